The van der Waals surface area contributed by atoms with Crippen LogP contribution in [0.2, 0.25) is 5.02 Å². The predicted molar refractivity (Wildman–Crippen MR) is 69.8 cm³/mol. The van der Waals surface area contributed by atoms with E-state index >= 15 is 0 Å². The molecule has 18 heavy (non-hydrogen) atoms. The third-order valence-corrected chi connectivity index (χ3v) is 3.10. The highest BCUT2D eigenvalue weighted by Crippen LogP contribution is 2.22. The highest BCUT2D eigenvalue weighted by molar-refractivity contribution is 9.10. The molecule has 0 bridgehead atoms. The number of rotatable bonds is 3. The van der Waals surface area contributed by atoms with Gasteiger partial charge in [-0.25, -0.2) is 8.78 Å². The van der Waals surface area contributed by atoms with Crippen LogP contribution in [0.5, 0.6) is 5.75 Å². The third-order valence-electron chi connectivity index (χ3n) is 2.30. The van der Waals surface area contributed by atoms with E-state index in [9.17, 15) is 8.78 Å². The maximum Gasteiger partial charge on any atom is 0.145 e. The fourth-order valence-corrected chi connectivity index (χ4v) is 1.82. The molecule has 0 aliphatic carbocycles. The first-order valence-electron chi connectivity index (χ1n) is 5.08. The summed E-state index contributed by atoms with van der Waals surface area (Å²) >= 11 is 8.71. The van der Waals surface area contributed by atoms with Gasteiger partial charge in [-0.2, -0.15) is 0 Å². The van der Waals surface area contributed by atoms with Gasteiger partial charge >= 0.3 is 0 Å². The number of ether oxygens (including phenoxy) is 1. The zero-order valence-corrected chi connectivity index (χ0v) is 11.4. The van der Waals surface area contributed by atoms with E-state index in [1.807, 2.05) is 0 Å². The fraction of sp³-hybridized carbons (Fsp3) is 0.0769. The van der Waals surface area contributed by atoms with Gasteiger partial charge in [0, 0.05) is 16.1 Å². The van der Waals surface area contributed by atoms with E-state index in [0.717, 1.165) is 0 Å². The molecule has 0 fully saturated rings. The summed E-state index contributed by atoms with van der Waals surface area (Å²) in [5, 5.41) is 0.0252. The molecular formula is C13H8BrClF2O. The van der Waals surface area contributed by atoms with Crippen LogP contribution in [-0.2, 0) is 6.61 Å². The molecule has 0 heterocycles. The van der Waals surface area contributed by atoms with Gasteiger partial charge in [-0.1, -0.05) is 33.6 Å². The van der Waals surface area contributed by atoms with Crippen molar-refractivity contribution in [1.29, 1.82) is 0 Å². The molecule has 0 aliphatic rings. The van der Waals surface area contributed by atoms with E-state index in [2.05, 4.69) is 15.9 Å². The van der Waals surface area contributed by atoms with Crippen molar-refractivity contribution >= 4 is 27.5 Å². The molecule has 5 heteroatoms. The molecule has 0 radical (unpaired) electrons. The molecule has 2 rings (SSSR count). The largest absolute Gasteiger partial charge is 0.489 e. The SMILES string of the molecule is Fc1cc(OCc2ccc(Br)cc2F)ccc1Cl. The van der Waals surface area contributed by atoms with Gasteiger partial charge in [0.1, 0.15) is 24.0 Å². The second-order valence-electron chi connectivity index (χ2n) is 3.60. The molecular weight excluding hydrogens is 325 g/mol. The first kappa shape index (κ1) is 13.3. The average molecular weight is 334 g/mol. The summed E-state index contributed by atoms with van der Waals surface area (Å²) in [6.45, 7) is 0.0280. The summed E-state index contributed by atoms with van der Waals surface area (Å²) in [4.78, 5) is 0. The molecule has 94 valence electrons. The van der Waals surface area contributed by atoms with E-state index in [4.69, 9.17) is 16.3 Å². The van der Waals surface area contributed by atoms with Gasteiger partial charge in [-0.15, -0.1) is 0 Å². The van der Waals surface area contributed by atoms with Crippen molar-refractivity contribution in [3.8, 4) is 5.75 Å². The quantitative estimate of drug-likeness (QED) is 0.771. The van der Waals surface area contributed by atoms with Crippen molar-refractivity contribution in [2.45, 2.75) is 6.61 Å². The predicted octanol–water partition coefficient (Wildman–Crippen LogP) is 4.96. The summed E-state index contributed by atoms with van der Waals surface area (Å²) in [5.74, 6) is -0.636. The van der Waals surface area contributed by atoms with E-state index in [1.165, 1.54) is 24.3 Å². The summed E-state index contributed by atoms with van der Waals surface area (Å²) in [6, 6.07) is 8.75. The van der Waals surface area contributed by atoms with Crippen molar-refractivity contribution < 1.29 is 13.5 Å². The van der Waals surface area contributed by atoms with Crippen LogP contribution >= 0.6 is 27.5 Å². The molecule has 0 saturated carbocycles. The maximum absolute atomic E-state index is 13.5. The Hall–Kier alpha value is -1.13. The monoisotopic (exact) mass is 332 g/mol. The molecule has 0 aliphatic heterocycles. The second-order valence-corrected chi connectivity index (χ2v) is 4.92. The molecule has 1 nitrogen and oxygen atoms in total. The highest BCUT2D eigenvalue weighted by atomic mass is 79.9. The lowest BCUT2D eigenvalue weighted by molar-refractivity contribution is 0.298. The Balaban J connectivity index is 2.09. The number of benzene rings is 2. The summed E-state index contributed by atoms with van der Waals surface area (Å²) in [5.41, 5.74) is 0.397. The van der Waals surface area contributed by atoms with Gasteiger partial charge < -0.3 is 4.74 Å². The Morgan fingerprint density at radius 1 is 1.06 bits per heavy atom. The normalized spacial score (nSPS) is 10.4. The topological polar surface area (TPSA) is 9.23 Å². The van der Waals surface area contributed by atoms with Crippen LogP contribution in [0.4, 0.5) is 8.78 Å². The van der Waals surface area contributed by atoms with Crippen LogP contribution in [-0.4, -0.2) is 0 Å². The Kier molecular flexibility index (Phi) is 4.19. The van der Waals surface area contributed by atoms with Crippen molar-refractivity contribution in [1.82, 2.24) is 0 Å². The van der Waals surface area contributed by atoms with E-state index < -0.39 is 5.82 Å². The molecule has 0 atom stereocenters. The Morgan fingerprint density at radius 3 is 2.50 bits per heavy atom. The van der Waals surface area contributed by atoms with Gasteiger partial charge in [0.15, 0.2) is 0 Å². The standard InChI is InChI=1S/C13H8BrClF2O/c14-9-2-1-8(12(16)5-9)7-18-10-3-4-11(15)13(17)6-10/h1-6H,7H2. The third kappa shape index (κ3) is 3.21. The van der Waals surface area contributed by atoms with Gasteiger partial charge in [0.05, 0.1) is 5.02 Å². The van der Waals surface area contributed by atoms with Crippen molar-refractivity contribution in [2.24, 2.45) is 0 Å². The van der Waals surface area contributed by atoms with Crippen molar-refractivity contribution in [2.75, 3.05) is 0 Å². The van der Waals surface area contributed by atoms with Crippen LogP contribution in [0.1, 0.15) is 5.56 Å². The fourth-order valence-electron chi connectivity index (χ4n) is 1.37. The van der Waals surface area contributed by atoms with Crippen LogP contribution < -0.4 is 4.74 Å². The summed E-state index contributed by atoms with van der Waals surface area (Å²) < 4.78 is 32.6. The van der Waals surface area contributed by atoms with Crippen LogP contribution in [0.15, 0.2) is 40.9 Å². The molecule has 2 aromatic carbocycles. The lowest BCUT2D eigenvalue weighted by Crippen LogP contribution is -1.98. The summed E-state index contributed by atoms with van der Waals surface area (Å²) in [7, 11) is 0. The van der Waals surface area contributed by atoms with Crippen LogP contribution in [0.3, 0.4) is 0 Å². The van der Waals surface area contributed by atoms with Gasteiger partial charge in [-0.3, -0.25) is 0 Å². The van der Waals surface area contributed by atoms with E-state index in [1.54, 1.807) is 12.1 Å². The van der Waals surface area contributed by atoms with Gasteiger partial charge in [0.2, 0.25) is 0 Å². The van der Waals surface area contributed by atoms with Gasteiger partial charge in [-0.05, 0) is 24.3 Å². The molecule has 0 saturated heterocycles. The second kappa shape index (κ2) is 5.67. The minimum Gasteiger partial charge on any atom is -0.489 e. The molecule has 0 amide bonds. The van der Waals surface area contributed by atoms with Crippen LogP contribution in [0.25, 0.3) is 0 Å². The maximum atomic E-state index is 13.5. The Bertz CT molecular complexity index is 575. The van der Waals surface area contributed by atoms with E-state index in [-0.39, 0.29) is 17.4 Å². The van der Waals surface area contributed by atoms with Crippen molar-refractivity contribution in [3.63, 3.8) is 0 Å². The Morgan fingerprint density at radius 2 is 1.83 bits per heavy atom. The van der Waals surface area contributed by atoms with Gasteiger partial charge in [0.25, 0.3) is 0 Å². The van der Waals surface area contributed by atoms with Crippen molar-refractivity contribution in [3.05, 3.63) is 63.1 Å². The highest BCUT2D eigenvalue weighted by Gasteiger charge is 2.05. The number of halogens is 4. The zero-order chi connectivity index (χ0) is 13.1. The average Bonchev–Trinajstić information content (AvgIpc) is 2.32. The zero-order valence-electron chi connectivity index (χ0n) is 9.09. The summed E-state index contributed by atoms with van der Waals surface area (Å²) in [6.07, 6.45) is 0. The molecule has 0 spiro atoms. The first-order valence-corrected chi connectivity index (χ1v) is 6.25. The molecule has 0 N–H and O–H groups in total. The molecule has 0 unspecified atom stereocenters. The van der Waals surface area contributed by atoms with E-state index in [0.29, 0.717) is 15.8 Å². The smallest absolute Gasteiger partial charge is 0.145 e. The number of hydrogen-bond donors (Lipinski definition) is 0. The lowest BCUT2D eigenvalue weighted by atomic mass is 10.2. The first-order chi connectivity index (χ1) is 8.56. The number of hydrogen-bond acceptors (Lipinski definition) is 1. The Labute approximate surface area is 116 Å². The van der Waals surface area contributed by atoms with Crippen LogP contribution in [0, 0.1) is 11.6 Å². The minimum absolute atomic E-state index is 0.0252. The molecule has 2 aromatic rings. The lowest BCUT2D eigenvalue weighted by Gasteiger charge is -2.08. The minimum atomic E-state index is -0.564. The molecule has 0 aromatic heterocycles.